The van der Waals surface area contributed by atoms with Gasteiger partial charge in [-0.2, -0.15) is 5.10 Å². The highest BCUT2D eigenvalue weighted by Gasteiger charge is 2.05. The molecule has 3 nitrogen and oxygen atoms in total. The van der Waals surface area contributed by atoms with E-state index in [1.165, 1.54) is 0 Å². The Bertz CT molecular complexity index is 247. The number of rotatable bonds is 5. The van der Waals surface area contributed by atoms with E-state index in [1.807, 2.05) is 13.1 Å². The summed E-state index contributed by atoms with van der Waals surface area (Å²) < 4.78 is 13.6. The number of hydrogen-bond acceptors (Lipinski definition) is 2. The van der Waals surface area contributed by atoms with Crippen molar-refractivity contribution in [3.05, 3.63) is 18.0 Å². The summed E-state index contributed by atoms with van der Waals surface area (Å²) in [4.78, 5) is 0. The lowest BCUT2D eigenvalue weighted by atomic mass is 10.1. The highest BCUT2D eigenvalue weighted by Crippen LogP contribution is 2.11. The molecule has 0 fully saturated rings. The zero-order chi connectivity index (χ0) is 9.68. The lowest BCUT2D eigenvalue weighted by molar-refractivity contribution is 0.434. The van der Waals surface area contributed by atoms with Crippen LogP contribution >= 0.6 is 0 Å². The van der Waals surface area contributed by atoms with E-state index >= 15 is 0 Å². The maximum absolute atomic E-state index is 11.8. The van der Waals surface area contributed by atoms with Gasteiger partial charge in [-0.25, -0.2) is 0 Å². The summed E-state index contributed by atoms with van der Waals surface area (Å²) in [7, 11) is 0. The minimum absolute atomic E-state index is 0.0547. The van der Waals surface area contributed by atoms with Crippen molar-refractivity contribution in [1.29, 1.82) is 0 Å². The van der Waals surface area contributed by atoms with Crippen molar-refractivity contribution in [2.75, 3.05) is 6.67 Å². The first kappa shape index (κ1) is 10.2. The molecule has 13 heavy (non-hydrogen) atoms. The monoisotopic (exact) mass is 185 g/mol. The second kappa shape index (κ2) is 4.97. The first-order valence-corrected chi connectivity index (χ1v) is 4.61. The second-order valence-corrected chi connectivity index (χ2v) is 3.09. The molecule has 0 radical (unpaired) electrons. The standard InChI is InChI=1S/C9H16FN3/c1-2-9(11)8-6-12-13(7-8)5-3-4-10/h6-7,9H,2-5,11H2,1H3. The van der Waals surface area contributed by atoms with Crippen LogP contribution in [0.15, 0.2) is 12.4 Å². The predicted octanol–water partition coefficient (Wildman–Crippen LogP) is 1.65. The van der Waals surface area contributed by atoms with Gasteiger partial charge in [0.25, 0.3) is 0 Å². The number of halogens is 1. The van der Waals surface area contributed by atoms with Gasteiger partial charge >= 0.3 is 0 Å². The number of hydrogen-bond donors (Lipinski definition) is 1. The Balaban J connectivity index is 2.53. The molecule has 1 atom stereocenters. The molecular formula is C9H16FN3. The Kier molecular flexibility index (Phi) is 3.89. The van der Waals surface area contributed by atoms with Crippen LogP contribution in [-0.2, 0) is 6.54 Å². The predicted molar refractivity (Wildman–Crippen MR) is 50.0 cm³/mol. The van der Waals surface area contributed by atoms with E-state index in [2.05, 4.69) is 5.10 Å². The molecule has 0 saturated carbocycles. The van der Waals surface area contributed by atoms with Crippen LogP contribution in [0.3, 0.4) is 0 Å². The number of nitrogens with two attached hydrogens (primary N) is 1. The molecule has 0 bridgehead atoms. The van der Waals surface area contributed by atoms with Crippen molar-refractivity contribution in [3.63, 3.8) is 0 Å². The van der Waals surface area contributed by atoms with Crippen molar-refractivity contribution in [1.82, 2.24) is 9.78 Å². The van der Waals surface area contributed by atoms with Gasteiger partial charge in [-0.3, -0.25) is 9.07 Å². The van der Waals surface area contributed by atoms with Gasteiger partial charge in [0.1, 0.15) is 0 Å². The van der Waals surface area contributed by atoms with Gasteiger partial charge in [0, 0.05) is 24.3 Å². The molecule has 0 aliphatic carbocycles. The second-order valence-electron chi connectivity index (χ2n) is 3.09. The average Bonchev–Trinajstić information content (AvgIpc) is 2.62. The molecule has 0 aliphatic rings. The van der Waals surface area contributed by atoms with Crippen molar-refractivity contribution >= 4 is 0 Å². The molecule has 2 N–H and O–H groups in total. The maximum atomic E-state index is 11.8. The van der Waals surface area contributed by atoms with E-state index in [1.54, 1.807) is 10.9 Å². The summed E-state index contributed by atoms with van der Waals surface area (Å²) in [6, 6.07) is 0.0547. The van der Waals surface area contributed by atoms with Gasteiger partial charge < -0.3 is 5.73 Å². The van der Waals surface area contributed by atoms with E-state index < -0.39 is 0 Å². The van der Waals surface area contributed by atoms with Crippen LogP contribution in [0.25, 0.3) is 0 Å². The highest BCUT2D eigenvalue weighted by atomic mass is 19.1. The summed E-state index contributed by atoms with van der Waals surface area (Å²) >= 11 is 0. The van der Waals surface area contributed by atoms with Crippen molar-refractivity contribution < 1.29 is 4.39 Å². The zero-order valence-corrected chi connectivity index (χ0v) is 7.91. The summed E-state index contributed by atoms with van der Waals surface area (Å²) in [6.07, 6.45) is 5.06. The molecule has 1 aromatic heterocycles. The van der Waals surface area contributed by atoms with Gasteiger partial charge in [-0.15, -0.1) is 0 Å². The summed E-state index contributed by atoms with van der Waals surface area (Å²) in [5.41, 5.74) is 6.84. The number of alkyl halides is 1. The maximum Gasteiger partial charge on any atom is 0.0912 e. The van der Waals surface area contributed by atoms with Crippen LogP contribution < -0.4 is 5.73 Å². The Labute approximate surface area is 77.7 Å². The van der Waals surface area contributed by atoms with Crippen LogP contribution in [0.5, 0.6) is 0 Å². The number of aromatic nitrogens is 2. The van der Waals surface area contributed by atoms with Crippen LogP contribution in [-0.4, -0.2) is 16.5 Å². The first-order valence-electron chi connectivity index (χ1n) is 4.61. The quantitative estimate of drug-likeness (QED) is 0.758. The molecule has 1 unspecified atom stereocenters. The topological polar surface area (TPSA) is 43.8 Å². The van der Waals surface area contributed by atoms with Gasteiger partial charge in [-0.05, 0) is 12.8 Å². The Hall–Kier alpha value is -0.900. The third-order valence-corrected chi connectivity index (χ3v) is 2.04. The fraction of sp³-hybridized carbons (Fsp3) is 0.667. The zero-order valence-electron chi connectivity index (χ0n) is 7.91. The molecule has 0 saturated heterocycles. The molecule has 1 heterocycles. The highest BCUT2D eigenvalue weighted by molar-refractivity contribution is 5.08. The third-order valence-electron chi connectivity index (χ3n) is 2.04. The van der Waals surface area contributed by atoms with E-state index in [-0.39, 0.29) is 12.7 Å². The number of nitrogens with zero attached hydrogens (tertiary/aromatic N) is 2. The van der Waals surface area contributed by atoms with Crippen molar-refractivity contribution in [2.24, 2.45) is 5.73 Å². The van der Waals surface area contributed by atoms with Crippen LogP contribution in [0.1, 0.15) is 31.4 Å². The fourth-order valence-corrected chi connectivity index (χ4v) is 1.15. The lowest BCUT2D eigenvalue weighted by Crippen LogP contribution is -2.07. The first-order chi connectivity index (χ1) is 6.27. The Morgan fingerprint density at radius 2 is 2.46 bits per heavy atom. The van der Waals surface area contributed by atoms with E-state index in [0.29, 0.717) is 13.0 Å². The fourth-order valence-electron chi connectivity index (χ4n) is 1.15. The van der Waals surface area contributed by atoms with E-state index in [0.717, 1.165) is 12.0 Å². The normalized spacial score (nSPS) is 13.2. The summed E-state index contributed by atoms with van der Waals surface area (Å²) in [6.45, 7) is 2.37. The van der Waals surface area contributed by atoms with Crippen LogP contribution in [0, 0.1) is 0 Å². The molecular weight excluding hydrogens is 169 g/mol. The van der Waals surface area contributed by atoms with Gasteiger partial charge in [-0.1, -0.05) is 6.92 Å². The van der Waals surface area contributed by atoms with Gasteiger partial charge in [0.2, 0.25) is 0 Å². The van der Waals surface area contributed by atoms with E-state index in [4.69, 9.17) is 5.73 Å². The Morgan fingerprint density at radius 3 is 3.08 bits per heavy atom. The number of aryl methyl sites for hydroxylation is 1. The minimum Gasteiger partial charge on any atom is -0.324 e. The smallest absolute Gasteiger partial charge is 0.0912 e. The average molecular weight is 185 g/mol. The Morgan fingerprint density at radius 1 is 1.69 bits per heavy atom. The van der Waals surface area contributed by atoms with E-state index in [9.17, 15) is 4.39 Å². The van der Waals surface area contributed by atoms with Crippen LogP contribution in [0.2, 0.25) is 0 Å². The molecule has 4 heteroatoms. The molecule has 74 valence electrons. The summed E-state index contributed by atoms with van der Waals surface area (Å²) in [5.74, 6) is 0. The van der Waals surface area contributed by atoms with Gasteiger partial charge in [0.05, 0.1) is 12.9 Å². The molecule has 1 aromatic rings. The van der Waals surface area contributed by atoms with Crippen LogP contribution in [0.4, 0.5) is 4.39 Å². The summed E-state index contributed by atoms with van der Waals surface area (Å²) in [5, 5.41) is 4.09. The van der Waals surface area contributed by atoms with Gasteiger partial charge in [0.15, 0.2) is 0 Å². The largest absolute Gasteiger partial charge is 0.324 e. The minimum atomic E-state index is -0.297. The SMILES string of the molecule is CCC(N)c1cnn(CCCF)c1. The molecule has 0 amide bonds. The molecule has 0 aromatic carbocycles. The van der Waals surface area contributed by atoms with Crippen molar-refractivity contribution in [2.45, 2.75) is 32.4 Å². The lowest BCUT2D eigenvalue weighted by Gasteiger charge is -2.03. The third kappa shape index (κ3) is 2.81. The molecule has 0 aliphatic heterocycles. The van der Waals surface area contributed by atoms with Crippen molar-refractivity contribution in [3.8, 4) is 0 Å². The molecule has 1 rings (SSSR count). The molecule has 0 spiro atoms.